The summed E-state index contributed by atoms with van der Waals surface area (Å²) in [6.07, 6.45) is 4.04. The van der Waals surface area contributed by atoms with Gasteiger partial charge in [-0.3, -0.25) is 4.90 Å². The SMILES string of the molecule is NCc1ccc(N2CCCN3CCCC3C2)cc1. The molecule has 0 saturated carbocycles. The number of hydrogen-bond donors (Lipinski definition) is 1. The maximum atomic E-state index is 5.65. The summed E-state index contributed by atoms with van der Waals surface area (Å²) in [4.78, 5) is 5.23. The van der Waals surface area contributed by atoms with Crippen LogP contribution in [-0.4, -0.2) is 37.1 Å². The predicted octanol–water partition coefficient (Wildman–Crippen LogP) is 1.82. The molecule has 0 spiro atoms. The fraction of sp³-hybridized carbons (Fsp3) is 0.600. The number of benzene rings is 1. The normalized spacial score (nSPS) is 24.9. The van der Waals surface area contributed by atoms with E-state index in [1.54, 1.807) is 0 Å². The summed E-state index contributed by atoms with van der Waals surface area (Å²) in [7, 11) is 0. The van der Waals surface area contributed by atoms with Crippen molar-refractivity contribution < 1.29 is 0 Å². The van der Waals surface area contributed by atoms with Gasteiger partial charge in [0.1, 0.15) is 0 Å². The van der Waals surface area contributed by atoms with Crippen LogP contribution in [0.3, 0.4) is 0 Å². The van der Waals surface area contributed by atoms with Crippen LogP contribution in [0.5, 0.6) is 0 Å². The lowest BCUT2D eigenvalue weighted by molar-refractivity contribution is 0.273. The molecule has 2 aliphatic heterocycles. The number of anilines is 1. The zero-order chi connectivity index (χ0) is 12.4. The largest absolute Gasteiger partial charge is 0.370 e. The molecule has 2 heterocycles. The average Bonchev–Trinajstić information content (AvgIpc) is 2.76. The maximum absolute atomic E-state index is 5.65. The third-order valence-electron chi connectivity index (χ3n) is 4.34. The van der Waals surface area contributed by atoms with Gasteiger partial charge in [-0.25, -0.2) is 0 Å². The van der Waals surface area contributed by atoms with Gasteiger partial charge in [-0.2, -0.15) is 0 Å². The molecule has 0 aliphatic carbocycles. The van der Waals surface area contributed by atoms with Gasteiger partial charge in [-0.05, 0) is 43.5 Å². The van der Waals surface area contributed by atoms with Gasteiger partial charge in [0.15, 0.2) is 0 Å². The highest BCUT2D eigenvalue weighted by atomic mass is 15.3. The Labute approximate surface area is 110 Å². The molecule has 3 heteroatoms. The van der Waals surface area contributed by atoms with Crippen LogP contribution in [0.25, 0.3) is 0 Å². The minimum atomic E-state index is 0.636. The molecule has 2 fully saturated rings. The molecule has 1 unspecified atom stereocenters. The Morgan fingerprint density at radius 1 is 1.06 bits per heavy atom. The van der Waals surface area contributed by atoms with Crippen molar-refractivity contribution in [2.45, 2.75) is 31.8 Å². The molecule has 98 valence electrons. The first-order chi connectivity index (χ1) is 8.86. The van der Waals surface area contributed by atoms with Gasteiger partial charge in [-0.15, -0.1) is 0 Å². The fourth-order valence-electron chi connectivity index (χ4n) is 3.28. The van der Waals surface area contributed by atoms with E-state index in [2.05, 4.69) is 34.1 Å². The van der Waals surface area contributed by atoms with Crippen LogP contribution in [0, 0.1) is 0 Å². The fourth-order valence-corrected chi connectivity index (χ4v) is 3.28. The topological polar surface area (TPSA) is 32.5 Å². The summed E-state index contributed by atoms with van der Waals surface area (Å²) >= 11 is 0. The zero-order valence-electron chi connectivity index (χ0n) is 11.0. The second-order valence-electron chi connectivity index (χ2n) is 5.50. The van der Waals surface area contributed by atoms with Crippen molar-refractivity contribution in [2.75, 3.05) is 31.1 Å². The molecular formula is C15H23N3. The van der Waals surface area contributed by atoms with E-state index in [1.165, 1.54) is 56.7 Å². The van der Waals surface area contributed by atoms with Crippen molar-refractivity contribution in [3.05, 3.63) is 29.8 Å². The highest BCUT2D eigenvalue weighted by Crippen LogP contribution is 2.25. The molecule has 0 radical (unpaired) electrons. The lowest BCUT2D eigenvalue weighted by atomic mass is 10.1. The summed E-state index contributed by atoms with van der Waals surface area (Å²) in [6, 6.07) is 9.56. The number of nitrogens with zero attached hydrogens (tertiary/aromatic N) is 2. The van der Waals surface area contributed by atoms with Gasteiger partial charge >= 0.3 is 0 Å². The molecule has 0 aromatic heterocycles. The van der Waals surface area contributed by atoms with Gasteiger partial charge in [0, 0.05) is 37.9 Å². The lowest BCUT2D eigenvalue weighted by Crippen LogP contribution is -2.36. The van der Waals surface area contributed by atoms with Crippen LogP contribution >= 0.6 is 0 Å². The highest BCUT2D eigenvalue weighted by Gasteiger charge is 2.28. The van der Waals surface area contributed by atoms with Crippen molar-refractivity contribution in [3.8, 4) is 0 Å². The van der Waals surface area contributed by atoms with Crippen LogP contribution in [0.4, 0.5) is 5.69 Å². The highest BCUT2D eigenvalue weighted by molar-refractivity contribution is 5.48. The molecule has 2 aliphatic rings. The van der Waals surface area contributed by atoms with Gasteiger partial charge in [0.05, 0.1) is 0 Å². The van der Waals surface area contributed by atoms with Gasteiger partial charge < -0.3 is 10.6 Å². The predicted molar refractivity (Wildman–Crippen MR) is 75.8 cm³/mol. The Morgan fingerprint density at radius 2 is 1.83 bits per heavy atom. The molecule has 1 aromatic carbocycles. The quantitative estimate of drug-likeness (QED) is 0.862. The van der Waals surface area contributed by atoms with Crippen LogP contribution in [-0.2, 0) is 6.54 Å². The number of hydrogen-bond acceptors (Lipinski definition) is 3. The molecule has 0 bridgehead atoms. The molecule has 0 amide bonds. The Morgan fingerprint density at radius 3 is 2.61 bits per heavy atom. The van der Waals surface area contributed by atoms with Crippen molar-refractivity contribution in [3.63, 3.8) is 0 Å². The Kier molecular flexibility index (Phi) is 3.52. The molecule has 3 rings (SSSR count). The Balaban J connectivity index is 1.74. The summed E-state index contributed by atoms with van der Waals surface area (Å²) < 4.78 is 0. The first kappa shape index (κ1) is 12.0. The molecular weight excluding hydrogens is 222 g/mol. The van der Waals surface area contributed by atoms with Crippen LogP contribution in [0.1, 0.15) is 24.8 Å². The van der Waals surface area contributed by atoms with E-state index >= 15 is 0 Å². The van der Waals surface area contributed by atoms with Gasteiger partial charge in [0.2, 0.25) is 0 Å². The minimum Gasteiger partial charge on any atom is -0.370 e. The standard InChI is InChI=1S/C15H23N3/c16-11-13-4-6-14(7-5-13)18-10-2-9-17-8-1-3-15(17)12-18/h4-7,15H,1-3,8-12,16H2. The summed E-state index contributed by atoms with van der Waals surface area (Å²) in [6.45, 7) is 5.61. The van der Waals surface area contributed by atoms with Crippen molar-refractivity contribution in [2.24, 2.45) is 5.73 Å². The molecule has 2 N–H and O–H groups in total. The molecule has 2 saturated heterocycles. The molecule has 1 aromatic rings. The van der Waals surface area contributed by atoms with Crippen LogP contribution in [0.15, 0.2) is 24.3 Å². The maximum Gasteiger partial charge on any atom is 0.0366 e. The second kappa shape index (κ2) is 5.29. The number of nitrogens with two attached hydrogens (primary N) is 1. The lowest BCUT2D eigenvalue weighted by Gasteiger charge is -2.27. The van der Waals surface area contributed by atoms with E-state index in [0.717, 1.165) is 6.04 Å². The van der Waals surface area contributed by atoms with E-state index in [0.29, 0.717) is 6.54 Å². The monoisotopic (exact) mass is 245 g/mol. The Bertz CT molecular complexity index is 387. The van der Waals surface area contributed by atoms with Gasteiger partial charge in [0.25, 0.3) is 0 Å². The van der Waals surface area contributed by atoms with Crippen molar-refractivity contribution in [1.82, 2.24) is 4.90 Å². The second-order valence-corrected chi connectivity index (χ2v) is 5.50. The first-order valence-electron chi connectivity index (χ1n) is 7.15. The average molecular weight is 245 g/mol. The molecule has 18 heavy (non-hydrogen) atoms. The van der Waals surface area contributed by atoms with E-state index in [-0.39, 0.29) is 0 Å². The molecule has 1 atom stereocenters. The van der Waals surface area contributed by atoms with Crippen molar-refractivity contribution >= 4 is 5.69 Å². The van der Waals surface area contributed by atoms with E-state index in [1.807, 2.05) is 0 Å². The van der Waals surface area contributed by atoms with Gasteiger partial charge in [-0.1, -0.05) is 12.1 Å². The third-order valence-corrected chi connectivity index (χ3v) is 4.34. The summed E-state index contributed by atoms with van der Waals surface area (Å²) in [5.41, 5.74) is 8.23. The van der Waals surface area contributed by atoms with Crippen LogP contribution in [0.2, 0.25) is 0 Å². The first-order valence-corrected chi connectivity index (χ1v) is 7.15. The third kappa shape index (κ3) is 2.38. The van der Waals surface area contributed by atoms with E-state index in [4.69, 9.17) is 5.73 Å². The van der Waals surface area contributed by atoms with Crippen molar-refractivity contribution in [1.29, 1.82) is 0 Å². The summed E-state index contributed by atoms with van der Waals surface area (Å²) in [5.74, 6) is 0. The number of fused-ring (bicyclic) bond motifs is 1. The molecule has 3 nitrogen and oxygen atoms in total. The number of rotatable bonds is 2. The summed E-state index contributed by atoms with van der Waals surface area (Å²) in [5, 5.41) is 0. The van der Waals surface area contributed by atoms with E-state index < -0.39 is 0 Å². The smallest absolute Gasteiger partial charge is 0.0366 e. The zero-order valence-corrected chi connectivity index (χ0v) is 11.0. The van der Waals surface area contributed by atoms with Crippen LogP contribution < -0.4 is 10.6 Å². The minimum absolute atomic E-state index is 0.636. The van der Waals surface area contributed by atoms with E-state index in [9.17, 15) is 0 Å². The Hall–Kier alpha value is -1.06.